The number of hydrogen-bond acceptors (Lipinski definition) is 2. The maximum absolute atomic E-state index is 10.8. The highest BCUT2D eigenvalue weighted by Gasteiger charge is 1.99. The summed E-state index contributed by atoms with van der Waals surface area (Å²) in [5.41, 5.74) is 0. The van der Waals surface area contributed by atoms with Crippen LogP contribution in [0.5, 0.6) is 0 Å². The number of carbonyl (C=O) groups excluding carboxylic acids is 1. The summed E-state index contributed by atoms with van der Waals surface area (Å²) in [5, 5.41) is 0. The molecule has 2 nitrogen and oxygen atoms in total. The molecular weight excluding hydrogens is 164 g/mol. The van der Waals surface area contributed by atoms with Crippen LogP contribution in [0.4, 0.5) is 0 Å². The maximum atomic E-state index is 10.8. The summed E-state index contributed by atoms with van der Waals surface area (Å²) in [5.74, 6) is 0.142. The fourth-order valence-corrected chi connectivity index (χ4v) is 0.543. The van der Waals surface area contributed by atoms with Gasteiger partial charge in [-0.1, -0.05) is 33.8 Å². The van der Waals surface area contributed by atoms with Gasteiger partial charge >= 0.3 is 5.97 Å². The molecule has 0 aromatic rings. The molecule has 0 aromatic heterocycles. The molecule has 0 fully saturated rings. The van der Waals surface area contributed by atoms with Crippen molar-refractivity contribution in [2.45, 2.75) is 47.6 Å². The second-order valence-corrected chi connectivity index (χ2v) is 3.09. The van der Waals surface area contributed by atoms with Gasteiger partial charge in [0, 0.05) is 6.08 Å². The van der Waals surface area contributed by atoms with Crippen LogP contribution in [-0.4, -0.2) is 12.1 Å². The molecule has 78 valence electrons. The first-order valence-electron chi connectivity index (χ1n) is 4.91. The largest absolute Gasteiger partial charge is 0.460 e. The third kappa shape index (κ3) is 14.1. The van der Waals surface area contributed by atoms with Crippen LogP contribution in [0, 0.1) is 5.92 Å². The van der Waals surface area contributed by atoms with Crippen molar-refractivity contribution in [1.82, 2.24) is 0 Å². The van der Waals surface area contributed by atoms with E-state index in [1.807, 2.05) is 47.6 Å². The minimum atomic E-state index is -0.256. The quantitative estimate of drug-likeness (QED) is 0.500. The fraction of sp³-hybridized carbons (Fsp3) is 0.727. The Morgan fingerprint density at radius 1 is 1.15 bits per heavy atom. The Hall–Kier alpha value is -0.790. The highest BCUT2D eigenvalue weighted by molar-refractivity contribution is 5.82. The van der Waals surface area contributed by atoms with Crippen molar-refractivity contribution in [2.75, 3.05) is 0 Å². The SMILES string of the molecule is CC.CC(C)/C=C\C(=O)OC(C)C. The number of allylic oxidation sites excluding steroid dienone is 1. The van der Waals surface area contributed by atoms with Gasteiger partial charge < -0.3 is 4.74 Å². The van der Waals surface area contributed by atoms with Crippen molar-refractivity contribution in [3.8, 4) is 0 Å². The number of rotatable bonds is 3. The van der Waals surface area contributed by atoms with Gasteiger partial charge in [-0.05, 0) is 19.8 Å². The van der Waals surface area contributed by atoms with Crippen LogP contribution in [0.1, 0.15) is 41.5 Å². The monoisotopic (exact) mass is 186 g/mol. The van der Waals surface area contributed by atoms with Gasteiger partial charge in [-0.25, -0.2) is 4.79 Å². The van der Waals surface area contributed by atoms with E-state index in [1.165, 1.54) is 6.08 Å². The normalized spacial score (nSPS) is 10.2. The standard InChI is InChI=1S/C9H16O2.C2H6/c1-7(2)5-6-9(10)11-8(3)4;1-2/h5-8H,1-4H3;1-2H3/b6-5-;. The average molecular weight is 186 g/mol. The van der Waals surface area contributed by atoms with E-state index in [-0.39, 0.29) is 12.1 Å². The van der Waals surface area contributed by atoms with Crippen LogP contribution >= 0.6 is 0 Å². The fourth-order valence-electron chi connectivity index (χ4n) is 0.543. The Balaban J connectivity index is 0. The van der Waals surface area contributed by atoms with Crippen LogP contribution in [0.2, 0.25) is 0 Å². The number of hydrogen-bond donors (Lipinski definition) is 0. The van der Waals surface area contributed by atoms with Crippen LogP contribution in [0.25, 0.3) is 0 Å². The molecule has 0 bridgehead atoms. The summed E-state index contributed by atoms with van der Waals surface area (Å²) in [4.78, 5) is 10.8. The average Bonchev–Trinajstić information content (AvgIpc) is 2.03. The van der Waals surface area contributed by atoms with Gasteiger partial charge in [0.15, 0.2) is 0 Å². The van der Waals surface area contributed by atoms with Crippen LogP contribution in [0.15, 0.2) is 12.2 Å². The van der Waals surface area contributed by atoms with Crippen molar-refractivity contribution in [3.63, 3.8) is 0 Å². The second kappa shape index (κ2) is 9.30. The Bertz CT molecular complexity index is 146. The molecule has 0 spiro atoms. The molecule has 0 unspecified atom stereocenters. The molecule has 0 rings (SSSR count). The second-order valence-electron chi connectivity index (χ2n) is 3.09. The molecule has 0 atom stereocenters. The maximum Gasteiger partial charge on any atom is 0.330 e. The first-order valence-corrected chi connectivity index (χ1v) is 4.91. The van der Waals surface area contributed by atoms with Gasteiger partial charge in [0.05, 0.1) is 6.10 Å². The number of carbonyl (C=O) groups is 1. The summed E-state index contributed by atoms with van der Waals surface area (Å²) in [6.45, 7) is 11.7. The van der Waals surface area contributed by atoms with E-state index in [4.69, 9.17) is 4.74 Å². The van der Waals surface area contributed by atoms with Crippen LogP contribution in [-0.2, 0) is 9.53 Å². The van der Waals surface area contributed by atoms with E-state index in [0.717, 1.165) is 0 Å². The summed E-state index contributed by atoms with van der Waals surface area (Å²) in [6.07, 6.45) is 3.27. The lowest BCUT2D eigenvalue weighted by Crippen LogP contribution is -2.08. The molecule has 0 saturated carbocycles. The number of esters is 1. The first-order chi connectivity index (χ1) is 6.02. The predicted molar refractivity (Wildman–Crippen MR) is 56.6 cm³/mol. The third-order valence-electron chi connectivity index (χ3n) is 0.969. The van der Waals surface area contributed by atoms with Crippen molar-refractivity contribution in [3.05, 3.63) is 12.2 Å². The molecule has 0 N–H and O–H groups in total. The molecule has 2 heteroatoms. The highest BCUT2D eigenvalue weighted by Crippen LogP contribution is 1.95. The third-order valence-corrected chi connectivity index (χ3v) is 0.969. The lowest BCUT2D eigenvalue weighted by Gasteiger charge is -2.04. The summed E-state index contributed by atoms with van der Waals surface area (Å²) < 4.78 is 4.87. The molecule has 0 aromatic carbocycles. The van der Waals surface area contributed by atoms with E-state index in [1.54, 1.807) is 0 Å². The molecule has 0 aliphatic rings. The van der Waals surface area contributed by atoms with Crippen molar-refractivity contribution in [2.24, 2.45) is 5.92 Å². The van der Waals surface area contributed by atoms with Crippen molar-refractivity contribution in [1.29, 1.82) is 0 Å². The lowest BCUT2D eigenvalue weighted by molar-refractivity contribution is -0.141. The summed E-state index contributed by atoms with van der Waals surface area (Å²) in [6, 6.07) is 0. The highest BCUT2D eigenvalue weighted by atomic mass is 16.5. The molecule has 0 amide bonds. The first kappa shape index (κ1) is 14.7. The van der Waals surface area contributed by atoms with Gasteiger partial charge in [0.25, 0.3) is 0 Å². The number of ether oxygens (including phenoxy) is 1. The van der Waals surface area contributed by atoms with Gasteiger partial charge in [-0.15, -0.1) is 0 Å². The zero-order chi connectivity index (χ0) is 10.9. The van der Waals surface area contributed by atoms with E-state index >= 15 is 0 Å². The topological polar surface area (TPSA) is 26.3 Å². The molecule has 0 heterocycles. The van der Waals surface area contributed by atoms with Gasteiger partial charge in [-0.3, -0.25) is 0 Å². The molecule has 0 aliphatic heterocycles. The van der Waals surface area contributed by atoms with E-state index in [9.17, 15) is 4.79 Å². The zero-order valence-corrected chi connectivity index (χ0v) is 9.63. The molecule has 13 heavy (non-hydrogen) atoms. The van der Waals surface area contributed by atoms with E-state index < -0.39 is 0 Å². The van der Waals surface area contributed by atoms with Crippen molar-refractivity contribution < 1.29 is 9.53 Å². The van der Waals surface area contributed by atoms with E-state index in [2.05, 4.69) is 0 Å². The summed E-state index contributed by atoms with van der Waals surface area (Å²) >= 11 is 0. The Morgan fingerprint density at radius 2 is 1.62 bits per heavy atom. The Labute approximate surface area is 82.0 Å². The molecule has 0 saturated heterocycles. The molecule has 0 radical (unpaired) electrons. The van der Waals surface area contributed by atoms with Gasteiger partial charge in [0.2, 0.25) is 0 Å². The summed E-state index contributed by atoms with van der Waals surface area (Å²) in [7, 11) is 0. The van der Waals surface area contributed by atoms with Crippen molar-refractivity contribution >= 4 is 5.97 Å². The smallest absolute Gasteiger partial charge is 0.330 e. The lowest BCUT2D eigenvalue weighted by atomic mass is 10.2. The van der Waals surface area contributed by atoms with Crippen LogP contribution in [0.3, 0.4) is 0 Å². The molecule has 0 aliphatic carbocycles. The van der Waals surface area contributed by atoms with Gasteiger partial charge in [-0.2, -0.15) is 0 Å². The van der Waals surface area contributed by atoms with Gasteiger partial charge in [0.1, 0.15) is 0 Å². The predicted octanol–water partition coefficient (Wildman–Crippen LogP) is 3.18. The minimum absolute atomic E-state index is 0.0284. The zero-order valence-electron chi connectivity index (χ0n) is 9.63. The Kier molecular flexibility index (Phi) is 10.5. The van der Waals surface area contributed by atoms with Crippen LogP contribution < -0.4 is 0 Å². The molecular formula is C11H22O2. The van der Waals surface area contributed by atoms with E-state index in [0.29, 0.717) is 5.92 Å². The minimum Gasteiger partial charge on any atom is -0.460 e. The Morgan fingerprint density at radius 3 is 1.92 bits per heavy atom.